The molecule has 0 amide bonds. The Morgan fingerprint density at radius 1 is 1.16 bits per heavy atom. The van der Waals surface area contributed by atoms with Crippen molar-refractivity contribution in [3.8, 4) is 5.75 Å². The normalized spacial score (nSPS) is 19.3. The maximum absolute atomic E-state index is 5.70. The number of benzene rings is 1. The molecule has 0 aliphatic carbocycles. The molecule has 1 saturated heterocycles. The first-order valence-electron chi connectivity index (χ1n) is 7.24. The summed E-state index contributed by atoms with van der Waals surface area (Å²) >= 11 is 0. The summed E-state index contributed by atoms with van der Waals surface area (Å²) in [6, 6.07) is 8.49. The average molecular weight is 262 g/mol. The molecule has 1 aromatic carbocycles. The molecule has 3 heteroatoms. The van der Waals surface area contributed by atoms with Gasteiger partial charge in [0.05, 0.1) is 6.10 Å². The molecule has 3 nitrogen and oxygen atoms in total. The molecule has 1 aliphatic heterocycles. The fourth-order valence-electron chi connectivity index (χ4n) is 2.60. The third-order valence-electron chi connectivity index (χ3n) is 3.68. The predicted octanol–water partition coefficient (Wildman–Crippen LogP) is 3.05. The van der Waals surface area contributed by atoms with E-state index >= 15 is 0 Å². The lowest BCUT2D eigenvalue weighted by Gasteiger charge is -2.39. The zero-order chi connectivity index (χ0) is 13.9. The van der Waals surface area contributed by atoms with Gasteiger partial charge in [-0.25, -0.2) is 0 Å². The van der Waals surface area contributed by atoms with Crippen LogP contribution in [0.3, 0.4) is 0 Å². The molecule has 1 N–H and O–H groups in total. The molecule has 0 spiro atoms. The molecular formula is C16H26N2O. The molecule has 106 valence electrons. The van der Waals surface area contributed by atoms with Gasteiger partial charge in [0.2, 0.25) is 0 Å². The summed E-state index contributed by atoms with van der Waals surface area (Å²) in [6.45, 7) is 11.9. The van der Waals surface area contributed by atoms with Crippen LogP contribution in [0.25, 0.3) is 0 Å². The van der Waals surface area contributed by atoms with Crippen molar-refractivity contribution in [3.63, 3.8) is 0 Å². The summed E-state index contributed by atoms with van der Waals surface area (Å²) in [7, 11) is 0. The Labute approximate surface area is 116 Å². The smallest absolute Gasteiger partial charge is 0.119 e. The van der Waals surface area contributed by atoms with Crippen LogP contribution in [-0.2, 0) is 0 Å². The van der Waals surface area contributed by atoms with Crippen LogP contribution in [0.4, 0.5) is 5.69 Å². The van der Waals surface area contributed by atoms with Crippen molar-refractivity contribution in [3.05, 3.63) is 24.3 Å². The van der Waals surface area contributed by atoms with Crippen LogP contribution in [0, 0.1) is 0 Å². The lowest BCUT2D eigenvalue weighted by molar-refractivity contribution is 0.242. The number of hydrogen-bond acceptors (Lipinski definition) is 3. The van der Waals surface area contributed by atoms with Crippen molar-refractivity contribution < 1.29 is 4.74 Å². The van der Waals surface area contributed by atoms with E-state index in [4.69, 9.17) is 4.74 Å². The lowest BCUT2D eigenvalue weighted by Crippen LogP contribution is -2.44. The third kappa shape index (κ3) is 3.63. The van der Waals surface area contributed by atoms with Gasteiger partial charge < -0.3 is 15.0 Å². The molecule has 1 aromatic rings. The third-order valence-corrected chi connectivity index (χ3v) is 3.68. The minimum Gasteiger partial charge on any atom is -0.491 e. The second-order valence-electron chi connectivity index (χ2n) is 6.12. The molecule has 0 saturated carbocycles. The van der Waals surface area contributed by atoms with Crippen molar-refractivity contribution in [2.75, 3.05) is 24.5 Å². The van der Waals surface area contributed by atoms with Crippen molar-refractivity contribution in [1.82, 2.24) is 5.32 Å². The Kier molecular flexibility index (Phi) is 4.35. The summed E-state index contributed by atoms with van der Waals surface area (Å²) in [5, 5.41) is 3.47. The Bertz CT molecular complexity index is 398. The van der Waals surface area contributed by atoms with E-state index in [2.05, 4.69) is 62.2 Å². The van der Waals surface area contributed by atoms with Crippen molar-refractivity contribution in [2.45, 2.75) is 45.8 Å². The zero-order valence-electron chi connectivity index (χ0n) is 12.6. The minimum atomic E-state index is 0.198. The van der Waals surface area contributed by atoms with Gasteiger partial charge in [-0.2, -0.15) is 0 Å². The van der Waals surface area contributed by atoms with E-state index in [-0.39, 0.29) is 11.6 Å². The van der Waals surface area contributed by atoms with E-state index < -0.39 is 0 Å². The van der Waals surface area contributed by atoms with Crippen molar-refractivity contribution in [1.29, 1.82) is 0 Å². The van der Waals surface area contributed by atoms with Gasteiger partial charge in [-0.05, 0) is 64.9 Å². The molecule has 0 radical (unpaired) electrons. The van der Waals surface area contributed by atoms with E-state index in [1.165, 1.54) is 5.69 Å². The van der Waals surface area contributed by atoms with Crippen LogP contribution >= 0.6 is 0 Å². The van der Waals surface area contributed by atoms with E-state index in [1.807, 2.05) is 0 Å². The first-order valence-corrected chi connectivity index (χ1v) is 7.24. The molecular weight excluding hydrogens is 236 g/mol. The van der Waals surface area contributed by atoms with Crippen LogP contribution in [0.5, 0.6) is 5.75 Å². The topological polar surface area (TPSA) is 24.5 Å². The minimum absolute atomic E-state index is 0.198. The Morgan fingerprint density at radius 2 is 1.84 bits per heavy atom. The zero-order valence-corrected chi connectivity index (χ0v) is 12.6. The standard InChI is InChI=1S/C16H26N2O/c1-13(2)19-15-7-5-14(6-8-15)18-12-11-17-10-9-16(18,3)4/h5-8,13,17H,9-12H2,1-4H3. The summed E-state index contributed by atoms with van der Waals surface area (Å²) in [4.78, 5) is 2.49. The molecule has 1 fully saturated rings. The molecule has 1 aliphatic rings. The molecule has 0 atom stereocenters. The van der Waals surface area contributed by atoms with E-state index in [0.717, 1.165) is 31.8 Å². The molecule has 2 rings (SSSR count). The van der Waals surface area contributed by atoms with Crippen molar-refractivity contribution >= 4 is 5.69 Å². The second-order valence-corrected chi connectivity index (χ2v) is 6.12. The van der Waals surface area contributed by atoms with Crippen LogP contribution in [0.2, 0.25) is 0 Å². The fraction of sp³-hybridized carbons (Fsp3) is 0.625. The molecule has 0 bridgehead atoms. The molecule has 0 aromatic heterocycles. The van der Waals surface area contributed by atoms with Crippen molar-refractivity contribution in [2.24, 2.45) is 0 Å². The maximum Gasteiger partial charge on any atom is 0.119 e. The molecule has 0 unspecified atom stereocenters. The van der Waals surface area contributed by atoms with Gasteiger partial charge in [0.15, 0.2) is 0 Å². The van der Waals surface area contributed by atoms with Crippen LogP contribution in [0.1, 0.15) is 34.1 Å². The first-order chi connectivity index (χ1) is 8.99. The van der Waals surface area contributed by atoms with Gasteiger partial charge in [0.25, 0.3) is 0 Å². The lowest BCUT2D eigenvalue weighted by atomic mass is 9.97. The molecule has 1 heterocycles. The molecule has 19 heavy (non-hydrogen) atoms. The summed E-state index contributed by atoms with van der Waals surface area (Å²) < 4.78 is 5.70. The highest BCUT2D eigenvalue weighted by atomic mass is 16.5. The SMILES string of the molecule is CC(C)Oc1ccc(N2CCNCCC2(C)C)cc1. The van der Waals surface area contributed by atoms with Gasteiger partial charge in [-0.15, -0.1) is 0 Å². The van der Waals surface area contributed by atoms with Gasteiger partial charge in [-0.1, -0.05) is 0 Å². The van der Waals surface area contributed by atoms with Gasteiger partial charge >= 0.3 is 0 Å². The summed E-state index contributed by atoms with van der Waals surface area (Å²) in [6.07, 6.45) is 1.39. The van der Waals surface area contributed by atoms with Gasteiger partial charge in [0.1, 0.15) is 5.75 Å². The largest absolute Gasteiger partial charge is 0.491 e. The first kappa shape index (κ1) is 14.2. The van der Waals surface area contributed by atoms with Crippen LogP contribution < -0.4 is 15.0 Å². The Morgan fingerprint density at radius 3 is 2.47 bits per heavy atom. The number of nitrogens with one attached hydrogen (secondary N) is 1. The van der Waals surface area contributed by atoms with Crippen LogP contribution in [0.15, 0.2) is 24.3 Å². The average Bonchev–Trinajstić information content (AvgIpc) is 2.50. The highest BCUT2D eigenvalue weighted by molar-refractivity contribution is 5.51. The number of hydrogen-bond donors (Lipinski definition) is 1. The Hall–Kier alpha value is -1.22. The van der Waals surface area contributed by atoms with E-state index in [0.29, 0.717) is 0 Å². The second kappa shape index (κ2) is 5.83. The highest BCUT2D eigenvalue weighted by Crippen LogP contribution is 2.29. The van der Waals surface area contributed by atoms with Gasteiger partial charge in [-0.3, -0.25) is 0 Å². The summed E-state index contributed by atoms with van der Waals surface area (Å²) in [5.74, 6) is 0.949. The summed E-state index contributed by atoms with van der Waals surface area (Å²) in [5.41, 5.74) is 1.48. The van der Waals surface area contributed by atoms with E-state index in [1.54, 1.807) is 0 Å². The number of rotatable bonds is 3. The monoisotopic (exact) mass is 262 g/mol. The quantitative estimate of drug-likeness (QED) is 0.906. The van der Waals surface area contributed by atoms with Gasteiger partial charge in [0, 0.05) is 24.3 Å². The van der Waals surface area contributed by atoms with Crippen LogP contribution in [-0.4, -0.2) is 31.3 Å². The number of anilines is 1. The van der Waals surface area contributed by atoms with E-state index in [9.17, 15) is 0 Å². The fourth-order valence-corrected chi connectivity index (χ4v) is 2.60. The Balaban J connectivity index is 2.15. The number of ether oxygens (including phenoxy) is 1. The maximum atomic E-state index is 5.70. The highest BCUT2D eigenvalue weighted by Gasteiger charge is 2.28. The predicted molar refractivity (Wildman–Crippen MR) is 81.1 cm³/mol. The number of nitrogens with zero attached hydrogens (tertiary/aromatic N) is 1.